The summed E-state index contributed by atoms with van der Waals surface area (Å²) in [6, 6.07) is 12.9. The molecule has 9 heteroatoms. The lowest BCUT2D eigenvalue weighted by Crippen LogP contribution is -2.08. The molecule has 9 nitrogen and oxygen atoms in total. The highest BCUT2D eigenvalue weighted by Gasteiger charge is 2.23. The van der Waals surface area contributed by atoms with E-state index in [4.69, 9.17) is 9.47 Å². The van der Waals surface area contributed by atoms with Crippen LogP contribution in [-0.4, -0.2) is 29.1 Å². The van der Waals surface area contributed by atoms with Gasteiger partial charge in [-0.2, -0.15) is 0 Å². The summed E-state index contributed by atoms with van der Waals surface area (Å²) in [4.78, 5) is 19.3. The minimum absolute atomic E-state index is 0.0751. The number of methoxy groups -OCH3 is 2. The average molecular weight is 395 g/mol. The molecule has 0 unspecified atom stereocenters. The zero-order valence-corrected chi connectivity index (χ0v) is 16.3. The second-order valence-electron chi connectivity index (χ2n) is 6.21. The SMILES string of the molecule is COc1ccc(CNc2ncnc(Nc3cc(C)ccc3OC)c2[N+](=O)[O-])cc1. The fourth-order valence-electron chi connectivity index (χ4n) is 2.75. The molecule has 0 aliphatic rings. The number of nitro groups is 1. The Kier molecular flexibility index (Phi) is 6.08. The van der Waals surface area contributed by atoms with Crippen LogP contribution in [0, 0.1) is 17.0 Å². The lowest BCUT2D eigenvalue weighted by molar-refractivity contribution is -0.383. The van der Waals surface area contributed by atoms with Crippen molar-refractivity contribution in [2.45, 2.75) is 13.5 Å². The molecular weight excluding hydrogens is 374 g/mol. The maximum absolute atomic E-state index is 11.7. The number of aryl methyl sites for hydroxylation is 1. The van der Waals surface area contributed by atoms with Crippen molar-refractivity contribution in [1.82, 2.24) is 9.97 Å². The van der Waals surface area contributed by atoms with Gasteiger partial charge in [0.25, 0.3) is 0 Å². The smallest absolute Gasteiger partial charge is 0.353 e. The Labute approximate surface area is 167 Å². The van der Waals surface area contributed by atoms with Crippen molar-refractivity contribution in [3.8, 4) is 11.5 Å². The lowest BCUT2D eigenvalue weighted by Gasteiger charge is -2.13. The number of aromatic nitrogens is 2. The van der Waals surface area contributed by atoms with Crippen LogP contribution in [0.5, 0.6) is 11.5 Å². The Morgan fingerprint density at radius 1 is 1.03 bits per heavy atom. The van der Waals surface area contributed by atoms with E-state index in [9.17, 15) is 10.1 Å². The summed E-state index contributed by atoms with van der Waals surface area (Å²) in [5.41, 5.74) is 2.23. The fraction of sp³-hybridized carbons (Fsp3) is 0.200. The number of nitrogens with one attached hydrogen (secondary N) is 2. The van der Waals surface area contributed by atoms with E-state index in [-0.39, 0.29) is 17.3 Å². The molecule has 0 atom stereocenters. The van der Waals surface area contributed by atoms with E-state index in [1.807, 2.05) is 43.3 Å². The van der Waals surface area contributed by atoms with Crippen molar-refractivity contribution in [1.29, 1.82) is 0 Å². The fourth-order valence-corrected chi connectivity index (χ4v) is 2.75. The Bertz CT molecular complexity index is 1010. The van der Waals surface area contributed by atoms with E-state index in [0.29, 0.717) is 18.0 Å². The summed E-state index contributed by atoms with van der Waals surface area (Å²) in [6.07, 6.45) is 1.27. The molecular formula is C20H21N5O4. The topological polar surface area (TPSA) is 111 Å². The Morgan fingerprint density at radius 2 is 1.76 bits per heavy atom. The Morgan fingerprint density at radius 3 is 2.41 bits per heavy atom. The minimum atomic E-state index is -0.513. The third-order valence-corrected chi connectivity index (χ3v) is 4.23. The minimum Gasteiger partial charge on any atom is -0.497 e. The quantitative estimate of drug-likeness (QED) is 0.434. The third-order valence-electron chi connectivity index (χ3n) is 4.23. The van der Waals surface area contributed by atoms with Gasteiger partial charge >= 0.3 is 5.69 Å². The van der Waals surface area contributed by atoms with Crippen LogP contribution < -0.4 is 20.1 Å². The van der Waals surface area contributed by atoms with E-state index in [1.165, 1.54) is 13.4 Å². The molecule has 3 aromatic rings. The van der Waals surface area contributed by atoms with Gasteiger partial charge in [-0.05, 0) is 42.3 Å². The summed E-state index contributed by atoms with van der Waals surface area (Å²) in [6.45, 7) is 2.27. The van der Waals surface area contributed by atoms with Crippen LogP contribution in [-0.2, 0) is 6.54 Å². The predicted molar refractivity (Wildman–Crippen MR) is 110 cm³/mol. The summed E-state index contributed by atoms with van der Waals surface area (Å²) in [5, 5.41) is 17.8. The number of nitrogens with zero attached hydrogens (tertiary/aromatic N) is 3. The van der Waals surface area contributed by atoms with Crippen LogP contribution in [0.3, 0.4) is 0 Å². The van der Waals surface area contributed by atoms with Gasteiger partial charge in [-0.1, -0.05) is 18.2 Å². The largest absolute Gasteiger partial charge is 0.497 e. The van der Waals surface area contributed by atoms with Crippen LogP contribution in [0.25, 0.3) is 0 Å². The van der Waals surface area contributed by atoms with Crippen LogP contribution in [0.2, 0.25) is 0 Å². The number of benzene rings is 2. The van der Waals surface area contributed by atoms with Gasteiger partial charge in [0.15, 0.2) is 0 Å². The number of hydrogen-bond donors (Lipinski definition) is 2. The molecule has 2 aromatic carbocycles. The summed E-state index contributed by atoms with van der Waals surface area (Å²) >= 11 is 0. The van der Waals surface area contributed by atoms with Gasteiger partial charge in [-0.15, -0.1) is 0 Å². The normalized spacial score (nSPS) is 10.3. The van der Waals surface area contributed by atoms with Crippen LogP contribution in [0.1, 0.15) is 11.1 Å². The van der Waals surface area contributed by atoms with Crippen molar-refractivity contribution in [2.75, 3.05) is 24.9 Å². The molecule has 1 heterocycles. The number of anilines is 3. The first kappa shape index (κ1) is 19.9. The first-order valence-electron chi connectivity index (χ1n) is 8.79. The molecule has 0 fully saturated rings. The molecule has 2 N–H and O–H groups in total. The zero-order valence-electron chi connectivity index (χ0n) is 16.3. The highest BCUT2D eigenvalue weighted by Crippen LogP contribution is 2.34. The molecule has 0 radical (unpaired) electrons. The third kappa shape index (κ3) is 4.70. The van der Waals surface area contributed by atoms with Crippen molar-refractivity contribution in [3.63, 3.8) is 0 Å². The summed E-state index contributed by atoms with van der Waals surface area (Å²) < 4.78 is 10.5. The molecule has 0 saturated heterocycles. The van der Waals surface area contributed by atoms with Gasteiger partial charge in [0.2, 0.25) is 11.6 Å². The predicted octanol–water partition coefficient (Wildman–Crippen LogP) is 4.07. The number of ether oxygens (including phenoxy) is 2. The maximum atomic E-state index is 11.7. The van der Waals surface area contributed by atoms with Gasteiger partial charge in [0, 0.05) is 6.54 Å². The monoisotopic (exact) mass is 395 g/mol. The number of rotatable bonds is 8. The van der Waals surface area contributed by atoms with Crippen molar-refractivity contribution in [2.24, 2.45) is 0 Å². The molecule has 0 spiro atoms. The molecule has 0 bridgehead atoms. The molecule has 1 aromatic heterocycles. The van der Waals surface area contributed by atoms with Crippen molar-refractivity contribution < 1.29 is 14.4 Å². The Hall–Kier alpha value is -3.88. The second kappa shape index (κ2) is 8.87. The van der Waals surface area contributed by atoms with Gasteiger partial charge < -0.3 is 20.1 Å². The zero-order chi connectivity index (χ0) is 20.8. The second-order valence-corrected chi connectivity index (χ2v) is 6.21. The maximum Gasteiger partial charge on any atom is 0.353 e. The van der Waals surface area contributed by atoms with E-state index >= 15 is 0 Å². The van der Waals surface area contributed by atoms with Crippen LogP contribution in [0.4, 0.5) is 23.0 Å². The Balaban J connectivity index is 1.87. The van der Waals surface area contributed by atoms with Crippen molar-refractivity contribution in [3.05, 3.63) is 70.0 Å². The molecule has 29 heavy (non-hydrogen) atoms. The van der Waals surface area contributed by atoms with Gasteiger partial charge in [-0.25, -0.2) is 9.97 Å². The molecule has 0 aliphatic carbocycles. The lowest BCUT2D eigenvalue weighted by atomic mass is 10.2. The first-order valence-corrected chi connectivity index (χ1v) is 8.79. The van der Waals surface area contributed by atoms with Gasteiger partial charge in [-0.3, -0.25) is 10.1 Å². The average Bonchev–Trinajstić information content (AvgIpc) is 2.72. The van der Waals surface area contributed by atoms with Crippen molar-refractivity contribution >= 4 is 23.0 Å². The first-order chi connectivity index (χ1) is 14.0. The van der Waals surface area contributed by atoms with E-state index in [2.05, 4.69) is 20.6 Å². The van der Waals surface area contributed by atoms with E-state index < -0.39 is 4.92 Å². The summed E-state index contributed by atoms with van der Waals surface area (Å²) in [5.74, 6) is 1.48. The highest BCUT2D eigenvalue weighted by molar-refractivity contribution is 5.76. The molecule has 3 rings (SSSR count). The van der Waals surface area contributed by atoms with Crippen LogP contribution >= 0.6 is 0 Å². The van der Waals surface area contributed by atoms with Crippen LogP contribution in [0.15, 0.2) is 48.8 Å². The molecule has 0 saturated carbocycles. The van der Waals surface area contributed by atoms with Gasteiger partial charge in [0.1, 0.15) is 17.8 Å². The highest BCUT2D eigenvalue weighted by atomic mass is 16.6. The van der Waals surface area contributed by atoms with E-state index in [0.717, 1.165) is 16.9 Å². The molecule has 0 amide bonds. The number of hydrogen-bond acceptors (Lipinski definition) is 8. The summed E-state index contributed by atoms with van der Waals surface area (Å²) in [7, 11) is 3.13. The molecule has 0 aliphatic heterocycles. The van der Waals surface area contributed by atoms with E-state index in [1.54, 1.807) is 13.2 Å². The molecule has 150 valence electrons. The van der Waals surface area contributed by atoms with Gasteiger partial charge in [0.05, 0.1) is 24.8 Å². The standard InChI is InChI=1S/C20H21N5O4/c1-13-4-9-17(29-3)16(10-13)24-20-18(25(26)27)19(22-12-23-20)21-11-14-5-7-15(28-2)8-6-14/h4-10,12H,11H2,1-3H3,(H2,21,22,23,24).